The molecule has 0 N–H and O–H groups in total. The highest BCUT2D eigenvalue weighted by atomic mass is 16.6. The van der Waals surface area contributed by atoms with Crippen LogP contribution in [0.1, 0.15) is 25.8 Å². The van der Waals surface area contributed by atoms with Crippen molar-refractivity contribution in [2.24, 2.45) is 0 Å². The second-order valence-corrected chi connectivity index (χ2v) is 5.43. The van der Waals surface area contributed by atoms with Gasteiger partial charge in [-0.05, 0) is 36.2 Å². The van der Waals surface area contributed by atoms with Crippen LogP contribution in [0.3, 0.4) is 0 Å². The van der Waals surface area contributed by atoms with E-state index in [2.05, 4.69) is 24.3 Å². The van der Waals surface area contributed by atoms with E-state index in [1.807, 2.05) is 32.0 Å². The van der Waals surface area contributed by atoms with Crippen LogP contribution in [0.15, 0.2) is 54.3 Å². The Labute approximate surface area is 124 Å². The van der Waals surface area contributed by atoms with Gasteiger partial charge in [-0.1, -0.05) is 36.4 Å². The number of carbonyl (C=O) groups is 1. The smallest absolute Gasteiger partial charge is 0.335 e. The summed E-state index contributed by atoms with van der Waals surface area (Å²) in [6.07, 6.45) is 2.00. The first kappa shape index (κ1) is 13.7. The SMILES string of the molecule is CCOC1=CC(=O)OC(C)(c2ccc3ccccc3c2)C1. The maximum absolute atomic E-state index is 11.8. The summed E-state index contributed by atoms with van der Waals surface area (Å²) >= 11 is 0. The third-order valence-electron chi connectivity index (χ3n) is 3.81. The highest BCUT2D eigenvalue weighted by molar-refractivity contribution is 5.85. The summed E-state index contributed by atoms with van der Waals surface area (Å²) in [6, 6.07) is 14.3. The van der Waals surface area contributed by atoms with Gasteiger partial charge in [-0.15, -0.1) is 0 Å². The highest BCUT2D eigenvalue weighted by Crippen LogP contribution is 2.37. The average molecular weight is 282 g/mol. The minimum atomic E-state index is -0.680. The molecule has 3 nitrogen and oxygen atoms in total. The number of benzene rings is 2. The van der Waals surface area contributed by atoms with Gasteiger partial charge in [0.25, 0.3) is 0 Å². The van der Waals surface area contributed by atoms with E-state index in [4.69, 9.17) is 9.47 Å². The average Bonchev–Trinajstić information content (AvgIpc) is 2.46. The Kier molecular flexibility index (Phi) is 3.42. The van der Waals surface area contributed by atoms with Crippen LogP contribution < -0.4 is 0 Å². The molecule has 2 aromatic carbocycles. The molecule has 0 radical (unpaired) electrons. The molecule has 0 aromatic heterocycles. The molecule has 0 saturated carbocycles. The Balaban J connectivity index is 2.00. The van der Waals surface area contributed by atoms with Gasteiger partial charge in [0.05, 0.1) is 12.7 Å². The lowest BCUT2D eigenvalue weighted by atomic mass is 9.88. The van der Waals surface area contributed by atoms with Gasteiger partial charge in [-0.2, -0.15) is 0 Å². The molecular weight excluding hydrogens is 264 g/mol. The highest BCUT2D eigenvalue weighted by Gasteiger charge is 2.36. The molecule has 2 aromatic rings. The molecule has 1 unspecified atom stereocenters. The monoisotopic (exact) mass is 282 g/mol. The molecule has 3 heteroatoms. The second kappa shape index (κ2) is 5.24. The lowest BCUT2D eigenvalue weighted by Gasteiger charge is -2.33. The Bertz CT molecular complexity index is 717. The van der Waals surface area contributed by atoms with Crippen molar-refractivity contribution in [3.63, 3.8) is 0 Å². The van der Waals surface area contributed by atoms with Crippen molar-refractivity contribution in [2.75, 3.05) is 6.61 Å². The molecule has 21 heavy (non-hydrogen) atoms. The van der Waals surface area contributed by atoms with Crippen LogP contribution in [0, 0.1) is 0 Å². The number of hydrogen-bond acceptors (Lipinski definition) is 3. The molecule has 0 saturated heterocycles. The summed E-state index contributed by atoms with van der Waals surface area (Å²) in [7, 11) is 0. The van der Waals surface area contributed by atoms with E-state index < -0.39 is 5.60 Å². The molecule has 3 rings (SSSR count). The molecule has 108 valence electrons. The predicted octanol–water partition coefficient (Wildman–Crippen LogP) is 3.92. The van der Waals surface area contributed by atoms with Gasteiger partial charge in [0, 0.05) is 6.42 Å². The van der Waals surface area contributed by atoms with Gasteiger partial charge >= 0.3 is 5.97 Å². The van der Waals surface area contributed by atoms with E-state index in [1.165, 1.54) is 11.5 Å². The number of carbonyl (C=O) groups excluding carboxylic acids is 1. The van der Waals surface area contributed by atoms with Gasteiger partial charge in [0.1, 0.15) is 11.4 Å². The maximum atomic E-state index is 11.8. The van der Waals surface area contributed by atoms with Gasteiger partial charge in [-0.25, -0.2) is 4.79 Å². The van der Waals surface area contributed by atoms with Gasteiger partial charge < -0.3 is 9.47 Å². The maximum Gasteiger partial charge on any atom is 0.335 e. The fraction of sp³-hybridized carbons (Fsp3) is 0.278. The normalized spacial score (nSPS) is 21.8. The van der Waals surface area contributed by atoms with Crippen LogP contribution in [-0.2, 0) is 19.9 Å². The van der Waals surface area contributed by atoms with Gasteiger partial charge in [0.2, 0.25) is 0 Å². The Hall–Kier alpha value is -2.29. The number of fused-ring (bicyclic) bond motifs is 1. The first-order chi connectivity index (χ1) is 10.1. The van der Waals surface area contributed by atoms with Crippen molar-refractivity contribution >= 4 is 16.7 Å². The quantitative estimate of drug-likeness (QED) is 0.800. The van der Waals surface area contributed by atoms with E-state index in [1.54, 1.807) is 0 Å². The minimum absolute atomic E-state index is 0.347. The molecular formula is C18H18O3. The summed E-state index contributed by atoms with van der Waals surface area (Å²) in [5.41, 5.74) is 0.306. The van der Waals surface area contributed by atoms with Crippen molar-refractivity contribution in [2.45, 2.75) is 25.9 Å². The molecule has 1 atom stereocenters. The van der Waals surface area contributed by atoms with E-state index >= 15 is 0 Å². The van der Waals surface area contributed by atoms with Crippen molar-refractivity contribution in [3.05, 3.63) is 59.9 Å². The van der Waals surface area contributed by atoms with Crippen LogP contribution in [0.2, 0.25) is 0 Å². The largest absolute Gasteiger partial charge is 0.498 e. The van der Waals surface area contributed by atoms with Crippen LogP contribution in [-0.4, -0.2) is 12.6 Å². The molecule has 1 heterocycles. The number of ether oxygens (including phenoxy) is 2. The van der Waals surface area contributed by atoms with Gasteiger partial charge in [-0.3, -0.25) is 0 Å². The molecule has 0 amide bonds. The van der Waals surface area contributed by atoms with Crippen LogP contribution in [0.5, 0.6) is 0 Å². The summed E-state index contributed by atoms with van der Waals surface area (Å²) < 4.78 is 11.1. The van der Waals surface area contributed by atoms with Crippen LogP contribution in [0.25, 0.3) is 10.8 Å². The Morgan fingerprint density at radius 3 is 2.71 bits per heavy atom. The molecule has 1 aliphatic rings. The molecule has 0 bridgehead atoms. The standard InChI is InChI=1S/C18H18O3/c1-3-20-16-11-17(19)21-18(2,12-16)15-9-8-13-6-4-5-7-14(13)10-15/h4-11H,3,12H2,1-2H3. The third-order valence-corrected chi connectivity index (χ3v) is 3.81. The summed E-state index contributed by atoms with van der Waals surface area (Å²) in [5.74, 6) is 0.338. The fourth-order valence-electron chi connectivity index (χ4n) is 2.76. The molecule has 0 fully saturated rings. The third kappa shape index (κ3) is 2.64. The first-order valence-electron chi connectivity index (χ1n) is 7.16. The van der Waals surface area contributed by atoms with Crippen molar-refractivity contribution in [1.82, 2.24) is 0 Å². The lowest BCUT2D eigenvalue weighted by Crippen LogP contribution is -2.33. The zero-order valence-corrected chi connectivity index (χ0v) is 12.3. The zero-order chi connectivity index (χ0) is 14.9. The van der Waals surface area contributed by atoms with Gasteiger partial charge in [0.15, 0.2) is 0 Å². The fourth-order valence-corrected chi connectivity index (χ4v) is 2.76. The van der Waals surface area contributed by atoms with Crippen LogP contribution in [0.4, 0.5) is 0 Å². The number of esters is 1. The van der Waals surface area contributed by atoms with Crippen LogP contribution >= 0.6 is 0 Å². The molecule has 1 aliphatic heterocycles. The summed E-state index contributed by atoms with van der Waals surface area (Å²) in [5, 5.41) is 2.31. The van der Waals surface area contributed by atoms with Crippen molar-refractivity contribution in [3.8, 4) is 0 Å². The predicted molar refractivity (Wildman–Crippen MR) is 81.7 cm³/mol. The van der Waals surface area contributed by atoms with E-state index in [0.29, 0.717) is 18.8 Å². The molecule has 0 aliphatic carbocycles. The zero-order valence-electron chi connectivity index (χ0n) is 12.3. The van der Waals surface area contributed by atoms with Crippen molar-refractivity contribution < 1.29 is 14.3 Å². The first-order valence-corrected chi connectivity index (χ1v) is 7.16. The minimum Gasteiger partial charge on any atom is -0.498 e. The molecule has 0 spiro atoms. The number of cyclic esters (lactones) is 1. The Morgan fingerprint density at radius 1 is 1.19 bits per heavy atom. The summed E-state index contributed by atoms with van der Waals surface area (Å²) in [4.78, 5) is 11.8. The second-order valence-electron chi connectivity index (χ2n) is 5.43. The Morgan fingerprint density at radius 2 is 1.95 bits per heavy atom. The lowest BCUT2D eigenvalue weighted by molar-refractivity contribution is -0.156. The van der Waals surface area contributed by atoms with E-state index in [9.17, 15) is 4.79 Å². The number of hydrogen-bond donors (Lipinski definition) is 0. The van der Waals surface area contributed by atoms with E-state index in [-0.39, 0.29) is 5.97 Å². The topological polar surface area (TPSA) is 35.5 Å². The summed E-state index contributed by atoms with van der Waals surface area (Å²) in [6.45, 7) is 4.39. The van der Waals surface area contributed by atoms with E-state index in [0.717, 1.165) is 10.9 Å². The van der Waals surface area contributed by atoms with Crippen molar-refractivity contribution in [1.29, 1.82) is 0 Å². The number of rotatable bonds is 3.